The molecule has 1 aromatic heterocycles. The molecule has 2 heterocycles. The monoisotopic (exact) mass is 385 g/mol. The van der Waals surface area contributed by atoms with E-state index in [1.165, 1.54) is 18.2 Å². The molecule has 0 bridgehead atoms. The molecule has 0 spiro atoms. The standard InChI is InChI=1S/C20H17ClFN3O2/c21-16-11-14(8-9-17(16)22)20(26)25-10-4-7-15(12-25)19-24-23-18(27-19)13-5-2-1-3-6-13/h1-3,5-6,8-9,11,15H,4,7,10,12H2/t15-/m0/s1. The Labute approximate surface area is 160 Å². The van der Waals surface area contributed by atoms with Crippen LogP contribution >= 0.6 is 11.6 Å². The van der Waals surface area contributed by atoms with Crippen LogP contribution in [0, 0.1) is 5.82 Å². The molecule has 0 radical (unpaired) electrons. The minimum absolute atomic E-state index is 0.0245. The quantitative estimate of drug-likeness (QED) is 0.663. The molecule has 0 N–H and O–H groups in total. The van der Waals surface area contributed by atoms with Crippen LogP contribution in [-0.4, -0.2) is 34.1 Å². The minimum Gasteiger partial charge on any atom is -0.420 e. The average molecular weight is 386 g/mol. The van der Waals surface area contributed by atoms with Crippen LogP contribution in [0.2, 0.25) is 5.02 Å². The molecular weight excluding hydrogens is 369 g/mol. The lowest BCUT2D eigenvalue weighted by Gasteiger charge is -2.31. The number of hydrogen-bond donors (Lipinski definition) is 0. The van der Waals surface area contributed by atoms with Gasteiger partial charge >= 0.3 is 0 Å². The minimum atomic E-state index is -0.538. The fraction of sp³-hybridized carbons (Fsp3) is 0.250. The van der Waals surface area contributed by atoms with E-state index >= 15 is 0 Å². The number of rotatable bonds is 3. The molecule has 0 unspecified atom stereocenters. The van der Waals surface area contributed by atoms with Gasteiger partial charge in [0.15, 0.2) is 0 Å². The predicted octanol–water partition coefficient (Wildman–Crippen LogP) is 4.55. The Bertz CT molecular complexity index is 961. The molecule has 5 nitrogen and oxygen atoms in total. The highest BCUT2D eigenvalue weighted by atomic mass is 35.5. The van der Waals surface area contributed by atoms with Gasteiger partial charge in [-0.15, -0.1) is 10.2 Å². The summed E-state index contributed by atoms with van der Waals surface area (Å²) in [7, 11) is 0. The second-order valence-electron chi connectivity index (χ2n) is 6.53. The molecule has 1 amide bonds. The summed E-state index contributed by atoms with van der Waals surface area (Å²) in [5.41, 5.74) is 1.23. The summed E-state index contributed by atoms with van der Waals surface area (Å²) >= 11 is 5.80. The number of amides is 1. The van der Waals surface area contributed by atoms with Gasteiger partial charge in [-0.25, -0.2) is 4.39 Å². The fourth-order valence-corrected chi connectivity index (χ4v) is 3.45. The Balaban J connectivity index is 1.50. The molecular formula is C20H17ClFN3O2. The third kappa shape index (κ3) is 3.71. The molecule has 0 aliphatic carbocycles. The zero-order chi connectivity index (χ0) is 18.8. The molecule has 27 heavy (non-hydrogen) atoms. The van der Waals surface area contributed by atoms with Gasteiger partial charge in [0.05, 0.1) is 10.9 Å². The van der Waals surface area contributed by atoms with Gasteiger partial charge in [0.25, 0.3) is 5.91 Å². The van der Waals surface area contributed by atoms with E-state index in [0.717, 1.165) is 18.4 Å². The average Bonchev–Trinajstić information content (AvgIpc) is 3.21. The van der Waals surface area contributed by atoms with Gasteiger partial charge in [-0.3, -0.25) is 4.79 Å². The molecule has 2 aromatic carbocycles. The van der Waals surface area contributed by atoms with Gasteiger partial charge in [0.2, 0.25) is 11.8 Å². The SMILES string of the molecule is O=C(c1ccc(F)c(Cl)c1)N1CCC[C@H](c2nnc(-c3ccccc3)o2)C1. The first-order chi connectivity index (χ1) is 13.1. The van der Waals surface area contributed by atoms with Crippen LogP contribution in [0.15, 0.2) is 52.9 Å². The number of aromatic nitrogens is 2. The smallest absolute Gasteiger partial charge is 0.253 e. The molecule has 4 rings (SSSR count). The normalized spacial score (nSPS) is 17.1. The van der Waals surface area contributed by atoms with Gasteiger partial charge < -0.3 is 9.32 Å². The number of nitrogens with zero attached hydrogens (tertiary/aromatic N) is 3. The van der Waals surface area contributed by atoms with Crippen molar-refractivity contribution < 1.29 is 13.6 Å². The maximum absolute atomic E-state index is 13.3. The van der Waals surface area contributed by atoms with Crippen molar-refractivity contribution in [3.05, 3.63) is 70.8 Å². The summed E-state index contributed by atoms with van der Waals surface area (Å²) in [6.45, 7) is 1.11. The van der Waals surface area contributed by atoms with Crippen molar-refractivity contribution in [2.45, 2.75) is 18.8 Å². The van der Waals surface area contributed by atoms with Crippen LogP contribution in [0.3, 0.4) is 0 Å². The van der Waals surface area contributed by atoms with Gasteiger partial charge in [0, 0.05) is 24.2 Å². The molecule has 1 atom stereocenters. The highest BCUT2D eigenvalue weighted by molar-refractivity contribution is 6.31. The van der Waals surface area contributed by atoms with Crippen LogP contribution in [0.1, 0.15) is 35.0 Å². The van der Waals surface area contributed by atoms with E-state index in [9.17, 15) is 9.18 Å². The van der Waals surface area contributed by atoms with Gasteiger partial charge in [0.1, 0.15) is 5.82 Å². The highest BCUT2D eigenvalue weighted by Crippen LogP contribution is 2.29. The molecule has 1 fully saturated rings. The van der Waals surface area contributed by atoms with Gasteiger partial charge in [-0.05, 0) is 43.2 Å². The molecule has 7 heteroatoms. The molecule has 1 aliphatic heterocycles. The van der Waals surface area contributed by atoms with E-state index in [0.29, 0.717) is 30.4 Å². The van der Waals surface area contributed by atoms with Crippen LogP contribution < -0.4 is 0 Å². The van der Waals surface area contributed by atoms with Crippen molar-refractivity contribution in [3.8, 4) is 11.5 Å². The Morgan fingerprint density at radius 3 is 2.78 bits per heavy atom. The van der Waals surface area contributed by atoms with Crippen LogP contribution in [-0.2, 0) is 0 Å². The van der Waals surface area contributed by atoms with Crippen LogP contribution in [0.4, 0.5) is 4.39 Å². The second-order valence-corrected chi connectivity index (χ2v) is 6.94. The summed E-state index contributed by atoms with van der Waals surface area (Å²) < 4.78 is 19.2. The Hall–Kier alpha value is -2.73. The van der Waals surface area contributed by atoms with Crippen LogP contribution in [0.5, 0.6) is 0 Å². The Kier molecular flexibility index (Phi) is 4.90. The van der Waals surface area contributed by atoms with E-state index in [1.807, 2.05) is 30.3 Å². The van der Waals surface area contributed by atoms with E-state index < -0.39 is 5.82 Å². The maximum atomic E-state index is 13.3. The van der Waals surface area contributed by atoms with Crippen molar-refractivity contribution in [2.24, 2.45) is 0 Å². The fourth-order valence-electron chi connectivity index (χ4n) is 3.27. The van der Waals surface area contributed by atoms with E-state index in [2.05, 4.69) is 10.2 Å². The third-order valence-electron chi connectivity index (χ3n) is 4.69. The lowest BCUT2D eigenvalue weighted by Crippen LogP contribution is -2.39. The van der Waals surface area contributed by atoms with Crippen molar-refractivity contribution >= 4 is 17.5 Å². The summed E-state index contributed by atoms with van der Waals surface area (Å²) in [5.74, 6) is 0.264. The van der Waals surface area contributed by atoms with E-state index in [4.69, 9.17) is 16.0 Å². The van der Waals surface area contributed by atoms with Crippen LogP contribution in [0.25, 0.3) is 11.5 Å². The lowest BCUT2D eigenvalue weighted by atomic mass is 9.97. The van der Waals surface area contributed by atoms with Crippen molar-refractivity contribution in [1.82, 2.24) is 15.1 Å². The van der Waals surface area contributed by atoms with Gasteiger partial charge in [-0.2, -0.15) is 0 Å². The van der Waals surface area contributed by atoms with Gasteiger partial charge in [-0.1, -0.05) is 29.8 Å². The number of carbonyl (C=O) groups excluding carboxylic acids is 1. The molecule has 0 saturated carbocycles. The zero-order valence-electron chi connectivity index (χ0n) is 14.4. The largest absolute Gasteiger partial charge is 0.420 e. The first kappa shape index (κ1) is 17.7. The van der Waals surface area contributed by atoms with Crippen molar-refractivity contribution in [3.63, 3.8) is 0 Å². The molecule has 1 saturated heterocycles. The molecule has 138 valence electrons. The first-order valence-electron chi connectivity index (χ1n) is 8.75. The Morgan fingerprint density at radius 1 is 1.19 bits per heavy atom. The summed E-state index contributed by atoms with van der Waals surface area (Å²) in [6, 6.07) is 13.6. The van der Waals surface area contributed by atoms with E-state index in [1.54, 1.807) is 4.90 Å². The summed E-state index contributed by atoms with van der Waals surface area (Å²) in [5, 5.41) is 8.26. The molecule has 3 aromatic rings. The number of likely N-dealkylation sites (tertiary alicyclic amines) is 1. The Morgan fingerprint density at radius 2 is 2.00 bits per heavy atom. The topological polar surface area (TPSA) is 59.2 Å². The third-order valence-corrected chi connectivity index (χ3v) is 4.98. The lowest BCUT2D eigenvalue weighted by molar-refractivity contribution is 0.0698. The number of hydrogen-bond acceptors (Lipinski definition) is 4. The molecule has 1 aliphatic rings. The second kappa shape index (κ2) is 7.48. The summed E-state index contributed by atoms with van der Waals surface area (Å²) in [4.78, 5) is 14.5. The number of halogens is 2. The summed E-state index contributed by atoms with van der Waals surface area (Å²) in [6.07, 6.45) is 1.69. The van der Waals surface area contributed by atoms with Crippen molar-refractivity contribution in [2.75, 3.05) is 13.1 Å². The zero-order valence-corrected chi connectivity index (χ0v) is 15.2. The number of piperidine rings is 1. The number of benzene rings is 2. The number of carbonyl (C=O) groups is 1. The first-order valence-corrected chi connectivity index (χ1v) is 9.13. The predicted molar refractivity (Wildman–Crippen MR) is 99.0 cm³/mol. The van der Waals surface area contributed by atoms with Crippen molar-refractivity contribution in [1.29, 1.82) is 0 Å². The maximum Gasteiger partial charge on any atom is 0.253 e. The van der Waals surface area contributed by atoms with E-state index in [-0.39, 0.29) is 16.8 Å². The highest BCUT2D eigenvalue weighted by Gasteiger charge is 2.29.